The van der Waals surface area contributed by atoms with Crippen molar-refractivity contribution < 1.29 is 14.3 Å². The first-order valence-corrected chi connectivity index (χ1v) is 4.92. The number of carbonyl (C=O) groups excluding carboxylic acids is 2. The van der Waals surface area contributed by atoms with E-state index in [2.05, 4.69) is 0 Å². The molecule has 0 fully saturated rings. The first-order valence-electron chi connectivity index (χ1n) is 4.92. The number of rotatable bonds is 4. The Morgan fingerprint density at radius 2 is 1.93 bits per heavy atom. The minimum atomic E-state index is -0.975. The van der Waals surface area contributed by atoms with Gasteiger partial charge in [-0.25, -0.2) is 0 Å². The molecular formula is C11H17NO3. The summed E-state index contributed by atoms with van der Waals surface area (Å²) < 4.78 is 4.69. The van der Waals surface area contributed by atoms with Crippen molar-refractivity contribution in [2.24, 2.45) is 11.3 Å². The molecule has 1 atom stereocenters. The third kappa shape index (κ3) is 4.59. The molecule has 4 heteroatoms. The van der Waals surface area contributed by atoms with Gasteiger partial charge >= 0.3 is 5.97 Å². The molecule has 15 heavy (non-hydrogen) atoms. The monoisotopic (exact) mass is 211 g/mol. The Kier molecular flexibility index (Phi) is 4.99. The largest absolute Gasteiger partial charge is 0.465 e. The zero-order valence-electron chi connectivity index (χ0n) is 9.66. The number of ether oxygens (including phenoxy) is 1. The van der Waals surface area contributed by atoms with Crippen molar-refractivity contribution in [3.05, 3.63) is 0 Å². The fourth-order valence-corrected chi connectivity index (χ4v) is 0.916. The number of ketones is 1. The molecule has 0 aromatic heterocycles. The predicted molar refractivity (Wildman–Crippen MR) is 54.8 cm³/mol. The third-order valence-corrected chi connectivity index (χ3v) is 1.95. The summed E-state index contributed by atoms with van der Waals surface area (Å²) in [6, 6.07) is 1.79. The number of nitriles is 1. The molecule has 0 radical (unpaired) electrons. The summed E-state index contributed by atoms with van der Waals surface area (Å²) in [6.07, 6.45) is -0.0706. The van der Waals surface area contributed by atoms with Crippen LogP contribution in [0.1, 0.15) is 34.1 Å². The van der Waals surface area contributed by atoms with Gasteiger partial charge < -0.3 is 4.74 Å². The van der Waals surface area contributed by atoms with Gasteiger partial charge in [-0.05, 0) is 6.92 Å². The average Bonchev–Trinajstić information content (AvgIpc) is 2.12. The van der Waals surface area contributed by atoms with E-state index in [4.69, 9.17) is 10.00 Å². The quantitative estimate of drug-likeness (QED) is 0.664. The highest BCUT2D eigenvalue weighted by Gasteiger charge is 2.28. The normalized spacial score (nSPS) is 12.7. The molecule has 0 aromatic carbocycles. The molecule has 4 nitrogen and oxygen atoms in total. The number of hydrogen-bond acceptors (Lipinski definition) is 4. The van der Waals surface area contributed by atoms with Gasteiger partial charge in [0, 0.05) is 11.8 Å². The maximum Gasteiger partial charge on any atom is 0.323 e. The summed E-state index contributed by atoms with van der Waals surface area (Å²) in [5, 5.41) is 8.73. The molecule has 0 aromatic rings. The van der Waals surface area contributed by atoms with E-state index >= 15 is 0 Å². The highest BCUT2D eigenvalue weighted by molar-refractivity contribution is 5.89. The minimum absolute atomic E-state index is 0.0706. The average molecular weight is 211 g/mol. The molecule has 0 heterocycles. The molecule has 0 spiro atoms. The summed E-state index contributed by atoms with van der Waals surface area (Å²) >= 11 is 0. The van der Waals surface area contributed by atoms with Crippen LogP contribution in [0.3, 0.4) is 0 Å². The highest BCUT2D eigenvalue weighted by Crippen LogP contribution is 2.20. The van der Waals surface area contributed by atoms with Crippen LogP contribution in [0, 0.1) is 22.7 Å². The van der Waals surface area contributed by atoms with Gasteiger partial charge in [0.2, 0.25) is 0 Å². The molecule has 0 amide bonds. The lowest BCUT2D eigenvalue weighted by Gasteiger charge is -2.17. The van der Waals surface area contributed by atoms with Gasteiger partial charge in [-0.15, -0.1) is 0 Å². The van der Waals surface area contributed by atoms with Gasteiger partial charge in [-0.2, -0.15) is 5.26 Å². The molecule has 0 saturated carbocycles. The van der Waals surface area contributed by atoms with Crippen molar-refractivity contribution in [2.75, 3.05) is 6.61 Å². The van der Waals surface area contributed by atoms with Crippen LogP contribution >= 0.6 is 0 Å². The zero-order chi connectivity index (χ0) is 12.1. The van der Waals surface area contributed by atoms with E-state index < -0.39 is 17.3 Å². The summed E-state index contributed by atoms with van der Waals surface area (Å²) in [4.78, 5) is 22.8. The van der Waals surface area contributed by atoms with Crippen LogP contribution in [0.5, 0.6) is 0 Å². The predicted octanol–water partition coefficient (Wildman–Crippen LogP) is 1.69. The Morgan fingerprint density at radius 1 is 1.40 bits per heavy atom. The highest BCUT2D eigenvalue weighted by atomic mass is 16.5. The van der Waals surface area contributed by atoms with Gasteiger partial charge in [0.1, 0.15) is 5.78 Å². The molecule has 1 unspecified atom stereocenters. The van der Waals surface area contributed by atoms with Crippen LogP contribution in [0.4, 0.5) is 0 Å². The SMILES string of the molecule is CCOC(=O)C(C#N)CC(=O)C(C)(C)C. The van der Waals surface area contributed by atoms with E-state index in [9.17, 15) is 9.59 Å². The standard InChI is InChI=1S/C11H17NO3/c1-5-15-10(14)8(7-12)6-9(13)11(2,3)4/h8H,5-6H2,1-4H3. The third-order valence-electron chi connectivity index (χ3n) is 1.95. The molecule has 0 rings (SSSR count). The van der Waals surface area contributed by atoms with E-state index in [-0.39, 0.29) is 18.8 Å². The van der Waals surface area contributed by atoms with Gasteiger partial charge in [-0.3, -0.25) is 9.59 Å². The Balaban J connectivity index is 4.43. The second-order valence-electron chi connectivity index (χ2n) is 4.31. The van der Waals surface area contributed by atoms with E-state index in [0.717, 1.165) is 0 Å². The van der Waals surface area contributed by atoms with E-state index in [0.29, 0.717) is 0 Å². The summed E-state index contributed by atoms with van der Waals surface area (Å²) in [5.41, 5.74) is -0.526. The fourth-order valence-electron chi connectivity index (χ4n) is 0.916. The Morgan fingerprint density at radius 3 is 2.27 bits per heavy atom. The van der Waals surface area contributed by atoms with E-state index in [1.54, 1.807) is 33.8 Å². The smallest absolute Gasteiger partial charge is 0.323 e. The van der Waals surface area contributed by atoms with E-state index in [1.165, 1.54) is 0 Å². The van der Waals surface area contributed by atoms with Crippen LogP contribution in [0.25, 0.3) is 0 Å². The van der Waals surface area contributed by atoms with Crippen molar-refractivity contribution in [3.63, 3.8) is 0 Å². The fraction of sp³-hybridized carbons (Fsp3) is 0.727. The van der Waals surface area contributed by atoms with Crippen molar-refractivity contribution in [3.8, 4) is 6.07 Å². The Labute approximate surface area is 90.2 Å². The van der Waals surface area contributed by atoms with Gasteiger partial charge in [0.15, 0.2) is 5.92 Å². The van der Waals surface area contributed by atoms with Crippen molar-refractivity contribution in [1.29, 1.82) is 5.26 Å². The Bertz CT molecular complexity index is 283. The van der Waals surface area contributed by atoms with Crippen LogP contribution in [-0.2, 0) is 14.3 Å². The molecule has 0 saturated heterocycles. The molecule has 0 aliphatic heterocycles. The molecular weight excluding hydrogens is 194 g/mol. The van der Waals surface area contributed by atoms with E-state index in [1.807, 2.05) is 0 Å². The van der Waals surface area contributed by atoms with Crippen LogP contribution < -0.4 is 0 Å². The van der Waals surface area contributed by atoms with Gasteiger partial charge in [0.25, 0.3) is 0 Å². The summed E-state index contributed by atoms with van der Waals surface area (Å²) in [6.45, 7) is 7.16. The topological polar surface area (TPSA) is 67.2 Å². The Hall–Kier alpha value is -1.37. The number of Topliss-reactive ketones (excluding diaryl/α,β-unsaturated/α-hetero) is 1. The first kappa shape index (κ1) is 13.6. The maximum absolute atomic E-state index is 11.6. The minimum Gasteiger partial charge on any atom is -0.465 e. The van der Waals surface area contributed by atoms with Crippen molar-refractivity contribution >= 4 is 11.8 Å². The van der Waals surface area contributed by atoms with Crippen molar-refractivity contribution in [2.45, 2.75) is 34.1 Å². The molecule has 84 valence electrons. The molecule has 0 N–H and O–H groups in total. The van der Waals surface area contributed by atoms with Crippen LogP contribution in [0.15, 0.2) is 0 Å². The number of carbonyl (C=O) groups is 2. The number of hydrogen-bond donors (Lipinski definition) is 0. The van der Waals surface area contributed by atoms with Crippen LogP contribution in [0.2, 0.25) is 0 Å². The second-order valence-corrected chi connectivity index (χ2v) is 4.31. The molecule has 0 aliphatic rings. The van der Waals surface area contributed by atoms with Crippen LogP contribution in [-0.4, -0.2) is 18.4 Å². The van der Waals surface area contributed by atoms with Gasteiger partial charge in [0.05, 0.1) is 12.7 Å². The summed E-state index contributed by atoms with van der Waals surface area (Å²) in [5.74, 6) is -1.70. The molecule has 0 bridgehead atoms. The lowest BCUT2D eigenvalue weighted by molar-refractivity contribution is -0.148. The summed E-state index contributed by atoms with van der Waals surface area (Å²) in [7, 11) is 0. The first-order chi connectivity index (χ1) is 6.82. The maximum atomic E-state index is 11.6. The lowest BCUT2D eigenvalue weighted by atomic mass is 9.85. The number of nitrogens with zero attached hydrogens (tertiary/aromatic N) is 1. The zero-order valence-corrected chi connectivity index (χ0v) is 9.66. The van der Waals surface area contributed by atoms with Crippen molar-refractivity contribution in [1.82, 2.24) is 0 Å². The number of esters is 1. The van der Waals surface area contributed by atoms with Gasteiger partial charge in [-0.1, -0.05) is 20.8 Å². The second kappa shape index (κ2) is 5.50. The molecule has 0 aliphatic carbocycles. The lowest BCUT2D eigenvalue weighted by Crippen LogP contribution is -2.26.